The molecule has 15 heteroatoms. The van der Waals surface area contributed by atoms with E-state index in [-0.39, 0.29) is 57.3 Å². The lowest BCUT2D eigenvalue weighted by Crippen LogP contribution is -2.50. The molecule has 12 nitrogen and oxygen atoms in total. The number of benzene rings is 1. The molecule has 0 saturated carbocycles. The number of nitrogens with one attached hydrogen (secondary N) is 1. The van der Waals surface area contributed by atoms with E-state index >= 15 is 0 Å². The lowest BCUT2D eigenvalue weighted by Gasteiger charge is -2.38. The topological polar surface area (TPSA) is 159 Å². The maximum absolute atomic E-state index is 13.6. The zero-order valence-corrected chi connectivity index (χ0v) is 25.1. The van der Waals surface area contributed by atoms with Gasteiger partial charge in [-0.05, 0) is 44.4 Å². The van der Waals surface area contributed by atoms with Crippen LogP contribution in [0.5, 0.6) is 5.75 Å². The first kappa shape index (κ1) is 30.0. The largest absolute Gasteiger partial charge is 0.486 e. The summed E-state index contributed by atoms with van der Waals surface area (Å²) in [6.07, 6.45) is -0.812. The molecule has 4 rings (SSSR count). The number of nitrogens with zero attached hydrogens (tertiary/aromatic N) is 3. The van der Waals surface area contributed by atoms with Crippen molar-refractivity contribution in [2.45, 2.75) is 48.9 Å². The van der Waals surface area contributed by atoms with Gasteiger partial charge in [0.25, 0.3) is 15.9 Å². The summed E-state index contributed by atoms with van der Waals surface area (Å²) in [5.74, 6) is -0.742. The minimum absolute atomic E-state index is 0.0255. The molecule has 1 aliphatic heterocycles. The first-order chi connectivity index (χ1) is 18.8. The van der Waals surface area contributed by atoms with Gasteiger partial charge in [0.1, 0.15) is 20.9 Å². The van der Waals surface area contributed by atoms with Crippen molar-refractivity contribution in [3.8, 4) is 5.75 Å². The molecule has 0 radical (unpaired) electrons. The summed E-state index contributed by atoms with van der Waals surface area (Å²) in [5.41, 5.74) is 0.339. The number of amides is 1. The fraction of sp³-hybridized carbons (Fsp3) is 0.440. The number of aliphatic hydroxyl groups excluding tert-OH is 1. The second-order valence-corrected chi connectivity index (χ2v) is 14.6. The maximum Gasteiger partial charge on any atom is 0.271 e. The number of rotatable bonds is 9. The number of anilines is 1. The molecule has 2 N–H and O–H groups in total. The van der Waals surface area contributed by atoms with Crippen LogP contribution in [0.1, 0.15) is 35.7 Å². The van der Waals surface area contributed by atoms with Crippen molar-refractivity contribution in [3.05, 3.63) is 52.7 Å². The van der Waals surface area contributed by atoms with Crippen molar-refractivity contribution < 1.29 is 36.0 Å². The molecule has 1 aliphatic rings. The molecule has 218 valence electrons. The molecule has 3 aromatic rings. The summed E-state index contributed by atoms with van der Waals surface area (Å²) < 4.78 is 68.2. The number of aliphatic hydroxyl groups is 1. The van der Waals surface area contributed by atoms with E-state index < -0.39 is 44.0 Å². The van der Waals surface area contributed by atoms with E-state index in [1.807, 2.05) is 0 Å². The van der Waals surface area contributed by atoms with Gasteiger partial charge in [-0.25, -0.2) is 16.8 Å². The van der Waals surface area contributed by atoms with Crippen molar-refractivity contribution in [1.82, 2.24) is 14.4 Å². The number of fused-ring (bicyclic) bond motifs is 1. The molecule has 0 aliphatic carbocycles. The third kappa shape index (κ3) is 5.74. The normalized spacial score (nSPS) is 19.1. The monoisotopic (exact) mass is 612 g/mol. The highest BCUT2D eigenvalue weighted by atomic mass is 32.2. The Balaban J connectivity index is 1.77. The lowest BCUT2D eigenvalue weighted by atomic mass is 9.99. The van der Waals surface area contributed by atoms with Crippen LogP contribution in [0.15, 0.2) is 49.3 Å². The second kappa shape index (κ2) is 11.5. The second-order valence-electron chi connectivity index (χ2n) is 9.78. The van der Waals surface area contributed by atoms with E-state index in [9.17, 15) is 26.7 Å². The van der Waals surface area contributed by atoms with Crippen molar-refractivity contribution in [1.29, 1.82) is 0 Å². The highest BCUT2D eigenvalue weighted by Crippen LogP contribution is 2.37. The number of carbonyl (C=O) groups is 1. The summed E-state index contributed by atoms with van der Waals surface area (Å²) in [5, 5.41) is 15.3. The van der Waals surface area contributed by atoms with Crippen LogP contribution >= 0.6 is 11.3 Å². The number of likely N-dealkylation sites (N-methyl/N-ethyl adjacent to an activating group) is 1. The zero-order valence-electron chi connectivity index (χ0n) is 22.7. The summed E-state index contributed by atoms with van der Waals surface area (Å²) in [4.78, 5) is 15.1. The van der Waals surface area contributed by atoms with Crippen molar-refractivity contribution in [2.75, 3.05) is 31.5 Å². The summed E-state index contributed by atoms with van der Waals surface area (Å²) >= 11 is 1.03. The van der Waals surface area contributed by atoms with Crippen LogP contribution in [-0.4, -0.2) is 81.1 Å². The number of aryl methyl sites for hydroxylation is 2. The van der Waals surface area contributed by atoms with Crippen LogP contribution in [0.4, 0.5) is 5.69 Å². The van der Waals surface area contributed by atoms with E-state index in [2.05, 4.69) is 9.88 Å². The SMILES string of the molecule is Cc1noc(C)c1S(=O)(=O)N(C)C[C@@H]1Oc2c(NS(=O)(=O)c3cccs3)cccc2C(=O)N([C@H](C)CO)C[C@@H]1C. The Bertz CT molecular complexity index is 1570. The van der Waals surface area contributed by atoms with E-state index in [0.29, 0.717) is 0 Å². The number of sulfonamides is 2. The number of ether oxygens (including phenoxy) is 1. The molecule has 0 bridgehead atoms. The van der Waals surface area contributed by atoms with Gasteiger partial charge >= 0.3 is 0 Å². The van der Waals surface area contributed by atoms with Crippen LogP contribution < -0.4 is 9.46 Å². The fourth-order valence-corrected chi connectivity index (χ4v) is 8.02. The minimum atomic E-state index is -4.03. The van der Waals surface area contributed by atoms with Gasteiger partial charge in [-0.1, -0.05) is 24.2 Å². The molecular weight excluding hydrogens is 580 g/mol. The molecule has 3 heterocycles. The quantitative estimate of drug-likeness (QED) is 0.370. The molecule has 1 aromatic carbocycles. The van der Waals surface area contributed by atoms with Gasteiger partial charge in [0.15, 0.2) is 11.5 Å². The Kier molecular flexibility index (Phi) is 8.61. The van der Waals surface area contributed by atoms with Gasteiger partial charge in [-0.3, -0.25) is 9.52 Å². The Morgan fingerprint density at radius 1 is 1.23 bits per heavy atom. The smallest absolute Gasteiger partial charge is 0.271 e. The Morgan fingerprint density at radius 2 is 1.95 bits per heavy atom. The third-order valence-corrected chi connectivity index (χ3v) is 11.6. The minimum Gasteiger partial charge on any atom is -0.486 e. The Labute approximate surface area is 237 Å². The van der Waals surface area contributed by atoms with Gasteiger partial charge in [0, 0.05) is 19.5 Å². The van der Waals surface area contributed by atoms with Crippen LogP contribution in [0.3, 0.4) is 0 Å². The van der Waals surface area contributed by atoms with Crippen molar-refractivity contribution >= 4 is 43.0 Å². The molecule has 0 fully saturated rings. The lowest BCUT2D eigenvalue weighted by molar-refractivity contribution is 0.0389. The highest BCUT2D eigenvalue weighted by Gasteiger charge is 2.37. The average Bonchev–Trinajstić information content (AvgIpc) is 3.56. The molecule has 2 aromatic heterocycles. The van der Waals surface area contributed by atoms with Crippen LogP contribution in [0, 0.1) is 19.8 Å². The number of hydrogen-bond donors (Lipinski definition) is 2. The third-order valence-electron chi connectivity index (χ3n) is 6.77. The number of carbonyl (C=O) groups excluding carboxylic acids is 1. The number of hydrogen-bond acceptors (Lipinski definition) is 10. The number of para-hydroxylation sites is 1. The zero-order chi connectivity index (χ0) is 29.4. The molecule has 1 amide bonds. The molecule has 0 saturated heterocycles. The predicted octanol–water partition coefficient (Wildman–Crippen LogP) is 2.69. The molecular formula is C25H32N4O8S3. The summed E-state index contributed by atoms with van der Waals surface area (Å²) in [6, 6.07) is 7.02. The highest BCUT2D eigenvalue weighted by molar-refractivity contribution is 7.94. The maximum atomic E-state index is 13.6. The predicted molar refractivity (Wildman–Crippen MR) is 149 cm³/mol. The van der Waals surface area contributed by atoms with Gasteiger partial charge in [-0.2, -0.15) is 4.31 Å². The van der Waals surface area contributed by atoms with Crippen LogP contribution in [0.25, 0.3) is 0 Å². The summed E-state index contributed by atoms with van der Waals surface area (Å²) in [7, 11) is -6.61. The number of aromatic nitrogens is 1. The molecule has 3 atom stereocenters. The summed E-state index contributed by atoms with van der Waals surface area (Å²) in [6.45, 7) is 6.27. The fourth-order valence-electron chi connectivity index (χ4n) is 4.50. The van der Waals surface area contributed by atoms with Crippen LogP contribution in [0.2, 0.25) is 0 Å². The first-order valence-electron chi connectivity index (χ1n) is 12.4. The van der Waals surface area contributed by atoms with E-state index in [1.54, 1.807) is 25.3 Å². The van der Waals surface area contributed by atoms with E-state index in [0.717, 1.165) is 15.6 Å². The van der Waals surface area contributed by atoms with Gasteiger partial charge in [0.2, 0.25) is 10.0 Å². The molecule has 0 unspecified atom stereocenters. The van der Waals surface area contributed by atoms with Crippen molar-refractivity contribution in [3.63, 3.8) is 0 Å². The standard InChI is InChI=1S/C25H32N4O8S3/c1-15-12-29(16(2)14-30)25(31)19-8-6-9-20(27-39(32,33)22-10-7-11-38-22)23(19)36-21(15)13-28(5)40(34,35)24-17(3)26-37-18(24)4/h6-11,15-16,21,27,30H,12-14H2,1-5H3/t15-,16+,21-/m0/s1. The number of thiophene rings is 1. The van der Waals surface area contributed by atoms with Gasteiger partial charge in [-0.15, -0.1) is 11.3 Å². The van der Waals surface area contributed by atoms with Crippen LogP contribution in [-0.2, 0) is 20.0 Å². The Morgan fingerprint density at radius 3 is 2.55 bits per heavy atom. The first-order valence-corrected chi connectivity index (χ1v) is 16.2. The van der Waals surface area contributed by atoms with Crippen molar-refractivity contribution in [2.24, 2.45) is 5.92 Å². The Hall–Kier alpha value is -2.98. The average molecular weight is 613 g/mol. The van der Waals surface area contributed by atoms with E-state index in [4.69, 9.17) is 9.26 Å². The molecule has 0 spiro atoms. The van der Waals surface area contributed by atoms with E-state index in [1.165, 1.54) is 50.1 Å². The molecule has 40 heavy (non-hydrogen) atoms. The van der Waals surface area contributed by atoms with Gasteiger partial charge < -0.3 is 19.3 Å². The van der Waals surface area contributed by atoms with Gasteiger partial charge in [0.05, 0.1) is 30.4 Å².